The maximum Gasteiger partial charge on any atom is 0.262 e. The first kappa shape index (κ1) is 20.2. The highest BCUT2D eigenvalue weighted by molar-refractivity contribution is 7.12. The maximum absolute atomic E-state index is 11.8. The normalized spacial score (nSPS) is 17.9. The number of anilines is 1. The van der Waals surface area contributed by atoms with Gasteiger partial charge in [-0.1, -0.05) is 25.3 Å². The van der Waals surface area contributed by atoms with Crippen molar-refractivity contribution in [3.05, 3.63) is 50.8 Å². The van der Waals surface area contributed by atoms with Gasteiger partial charge in [0.25, 0.3) is 5.91 Å². The van der Waals surface area contributed by atoms with Crippen LogP contribution >= 0.6 is 22.7 Å². The molecule has 1 aliphatic heterocycles. The minimum Gasteiger partial charge on any atom is -0.482 e. The quantitative estimate of drug-likeness (QED) is 0.559. The lowest BCUT2D eigenvalue weighted by Crippen LogP contribution is -2.25. The van der Waals surface area contributed by atoms with Gasteiger partial charge in [-0.15, -0.1) is 22.7 Å². The van der Waals surface area contributed by atoms with E-state index in [1.54, 1.807) is 22.7 Å². The van der Waals surface area contributed by atoms with Crippen molar-refractivity contribution in [3.63, 3.8) is 0 Å². The number of rotatable bonds is 4. The molecule has 0 radical (unpaired) electrons. The van der Waals surface area contributed by atoms with Gasteiger partial charge in [0.15, 0.2) is 6.61 Å². The molecule has 1 fully saturated rings. The van der Waals surface area contributed by atoms with E-state index in [1.165, 1.54) is 19.3 Å². The van der Waals surface area contributed by atoms with Gasteiger partial charge in [0.05, 0.1) is 28.0 Å². The van der Waals surface area contributed by atoms with E-state index in [9.17, 15) is 4.79 Å². The average molecular weight is 453 g/mol. The molecule has 1 aromatic carbocycles. The zero-order chi connectivity index (χ0) is 21.2. The summed E-state index contributed by atoms with van der Waals surface area (Å²) in [6.45, 7) is 2.09. The number of fused-ring (bicyclic) bond motifs is 1. The summed E-state index contributed by atoms with van der Waals surface area (Å²) in [5.74, 6) is 0.554. The summed E-state index contributed by atoms with van der Waals surface area (Å²) in [6.07, 6.45) is 6.08. The van der Waals surface area contributed by atoms with E-state index in [4.69, 9.17) is 14.8 Å². The van der Waals surface area contributed by atoms with Crippen LogP contribution in [0.3, 0.4) is 0 Å². The molecule has 2 aliphatic rings. The summed E-state index contributed by atoms with van der Waals surface area (Å²) in [5.41, 5.74) is 3.57. The van der Waals surface area contributed by atoms with Crippen LogP contribution in [-0.4, -0.2) is 28.9 Å². The third-order valence-corrected chi connectivity index (χ3v) is 7.40. The first-order valence-electron chi connectivity index (χ1n) is 10.6. The lowest BCUT2D eigenvalue weighted by molar-refractivity contribution is -0.118. The first-order valence-corrected chi connectivity index (χ1v) is 12.3. The molecule has 8 heteroatoms. The van der Waals surface area contributed by atoms with Crippen LogP contribution in [0.4, 0.5) is 5.69 Å². The molecule has 1 saturated carbocycles. The van der Waals surface area contributed by atoms with Crippen molar-refractivity contribution in [2.24, 2.45) is 10.1 Å². The van der Waals surface area contributed by atoms with Crippen LogP contribution in [0.25, 0.3) is 11.3 Å². The van der Waals surface area contributed by atoms with Crippen LogP contribution in [0.5, 0.6) is 5.75 Å². The van der Waals surface area contributed by atoms with Gasteiger partial charge in [-0.2, -0.15) is 5.10 Å². The molecule has 0 bridgehead atoms. The van der Waals surface area contributed by atoms with Gasteiger partial charge in [-0.25, -0.2) is 4.68 Å². The molecular weight excluding hydrogens is 428 g/mol. The number of benzene rings is 1. The largest absolute Gasteiger partial charge is 0.482 e. The predicted octanol–water partition coefficient (Wildman–Crippen LogP) is 5.11. The fraction of sp³-hybridized carbons (Fsp3) is 0.348. The number of hydrogen-bond acceptors (Lipinski definition) is 6. The van der Waals surface area contributed by atoms with Crippen molar-refractivity contribution < 1.29 is 9.53 Å². The summed E-state index contributed by atoms with van der Waals surface area (Å²) in [7, 11) is 0. The van der Waals surface area contributed by atoms with E-state index in [-0.39, 0.29) is 12.5 Å². The van der Waals surface area contributed by atoms with Gasteiger partial charge >= 0.3 is 0 Å². The Morgan fingerprint density at radius 3 is 2.87 bits per heavy atom. The molecule has 0 unspecified atom stereocenters. The molecule has 3 aromatic rings. The molecule has 1 amide bonds. The van der Waals surface area contributed by atoms with Crippen LogP contribution in [0, 0.1) is 0 Å². The van der Waals surface area contributed by atoms with Gasteiger partial charge in [0, 0.05) is 10.9 Å². The van der Waals surface area contributed by atoms with Crippen molar-refractivity contribution in [1.82, 2.24) is 4.68 Å². The van der Waals surface area contributed by atoms with Crippen LogP contribution in [-0.2, 0) is 4.79 Å². The second-order valence-electron chi connectivity index (χ2n) is 7.85. The Kier molecular flexibility index (Phi) is 5.74. The number of thiazole rings is 1. The Balaban J connectivity index is 1.60. The Morgan fingerprint density at radius 2 is 2.06 bits per heavy atom. The van der Waals surface area contributed by atoms with Crippen molar-refractivity contribution >= 4 is 40.0 Å². The highest BCUT2D eigenvalue weighted by Gasteiger charge is 2.19. The Morgan fingerprint density at radius 1 is 1.19 bits per heavy atom. The number of amides is 1. The highest BCUT2D eigenvalue weighted by Crippen LogP contribution is 2.33. The summed E-state index contributed by atoms with van der Waals surface area (Å²) in [6, 6.07) is 10.3. The Bertz CT molecular complexity index is 1180. The van der Waals surface area contributed by atoms with E-state index < -0.39 is 0 Å². The molecule has 0 saturated heterocycles. The average Bonchev–Trinajstić information content (AvgIpc) is 3.45. The number of nitrogens with zero attached hydrogens (tertiary/aromatic N) is 3. The smallest absolute Gasteiger partial charge is 0.262 e. The Labute approximate surface area is 188 Å². The molecule has 160 valence electrons. The minimum absolute atomic E-state index is 0.0551. The standard InChI is InChI=1S/C23H24N4O2S2/c1-15(21-8-5-11-30-21)26-27-19(14-31-23(27)24-17-6-3-2-4-7-17)16-9-10-20-18(12-16)25-22(28)13-29-20/h5,8-12,14,17H,2-4,6-7,13H2,1H3,(H,25,28). The van der Waals surface area contributed by atoms with Crippen LogP contribution < -0.4 is 14.9 Å². The van der Waals surface area contributed by atoms with Crippen molar-refractivity contribution in [2.45, 2.75) is 45.1 Å². The summed E-state index contributed by atoms with van der Waals surface area (Å²) in [5, 5.41) is 12.0. The number of carbonyl (C=O) groups is 1. The van der Waals surface area contributed by atoms with Crippen molar-refractivity contribution in [1.29, 1.82) is 0 Å². The SMILES string of the molecule is CC(=Nn1c(-c2ccc3c(c2)NC(=O)CO3)csc1=NC1CCCCC1)c1cccs1. The van der Waals surface area contributed by atoms with Gasteiger partial charge in [0.1, 0.15) is 5.75 Å². The number of carbonyl (C=O) groups excluding carboxylic acids is 1. The van der Waals surface area contributed by atoms with E-state index >= 15 is 0 Å². The second-order valence-corrected chi connectivity index (χ2v) is 9.63. The van der Waals surface area contributed by atoms with E-state index in [1.807, 2.05) is 35.9 Å². The summed E-state index contributed by atoms with van der Waals surface area (Å²) >= 11 is 3.30. The predicted molar refractivity (Wildman–Crippen MR) is 126 cm³/mol. The van der Waals surface area contributed by atoms with Crippen LogP contribution in [0.2, 0.25) is 0 Å². The first-order chi connectivity index (χ1) is 15.2. The number of hydrogen-bond donors (Lipinski definition) is 1. The van der Waals surface area contributed by atoms with Crippen LogP contribution in [0.1, 0.15) is 43.9 Å². The summed E-state index contributed by atoms with van der Waals surface area (Å²) < 4.78 is 7.48. The van der Waals surface area contributed by atoms with E-state index in [0.717, 1.165) is 39.5 Å². The molecule has 6 nitrogen and oxygen atoms in total. The monoisotopic (exact) mass is 452 g/mol. The zero-order valence-electron chi connectivity index (χ0n) is 17.3. The lowest BCUT2D eigenvalue weighted by atomic mass is 9.96. The molecule has 0 atom stereocenters. The highest BCUT2D eigenvalue weighted by atomic mass is 32.1. The number of nitrogens with one attached hydrogen (secondary N) is 1. The molecule has 0 spiro atoms. The molecule has 3 heterocycles. The molecule has 1 aliphatic carbocycles. The number of ether oxygens (including phenoxy) is 1. The zero-order valence-corrected chi connectivity index (χ0v) is 19.0. The fourth-order valence-corrected chi connectivity index (χ4v) is 5.55. The molecule has 1 N–H and O–H groups in total. The second kappa shape index (κ2) is 8.80. The van der Waals surface area contributed by atoms with Gasteiger partial charge in [0.2, 0.25) is 4.80 Å². The van der Waals surface area contributed by atoms with E-state index in [0.29, 0.717) is 17.5 Å². The molecule has 5 rings (SSSR count). The lowest BCUT2D eigenvalue weighted by Gasteiger charge is -2.18. The van der Waals surface area contributed by atoms with Crippen LogP contribution in [0.15, 0.2) is 51.2 Å². The summed E-state index contributed by atoms with van der Waals surface area (Å²) in [4.78, 5) is 18.9. The van der Waals surface area contributed by atoms with E-state index in [2.05, 4.69) is 22.1 Å². The molecular formula is C23H24N4O2S2. The van der Waals surface area contributed by atoms with Gasteiger partial charge in [-0.3, -0.25) is 9.79 Å². The molecule has 31 heavy (non-hydrogen) atoms. The number of aromatic nitrogens is 1. The molecule has 2 aromatic heterocycles. The third-order valence-electron chi connectivity index (χ3n) is 5.59. The van der Waals surface area contributed by atoms with Crippen molar-refractivity contribution in [2.75, 3.05) is 11.9 Å². The Hall–Kier alpha value is -2.71. The fourth-order valence-electron chi connectivity index (χ4n) is 3.98. The van der Waals surface area contributed by atoms with Gasteiger partial charge in [-0.05, 0) is 49.4 Å². The third kappa shape index (κ3) is 4.36. The minimum atomic E-state index is -0.137. The van der Waals surface area contributed by atoms with Gasteiger partial charge < -0.3 is 10.1 Å². The number of thiophene rings is 1. The maximum atomic E-state index is 11.8. The van der Waals surface area contributed by atoms with Crippen molar-refractivity contribution in [3.8, 4) is 17.0 Å². The topological polar surface area (TPSA) is 68.0 Å².